The molecule has 2 atom stereocenters. The van der Waals surface area contributed by atoms with Gasteiger partial charge in [0.15, 0.2) is 5.60 Å². The predicted molar refractivity (Wildman–Crippen MR) is 62.6 cm³/mol. The van der Waals surface area contributed by atoms with E-state index >= 15 is 0 Å². The number of rotatable bonds is 4. The molecule has 0 aliphatic carbocycles. The van der Waals surface area contributed by atoms with Gasteiger partial charge in [0.2, 0.25) is 0 Å². The molecule has 1 aliphatic heterocycles. The molecule has 0 aromatic carbocycles. The number of hydrogen-bond acceptors (Lipinski definition) is 3. The summed E-state index contributed by atoms with van der Waals surface area (Å²) in [6.45, 7) is 6.75. The molecule has 0 saturated carbocycles. The molecular formula is C11H22O3Si. The normalized spacial score (nSPS) is 36.6. The van der Waals surface area contributed by atoms with Gasteiger partial charge >= 0.3 is 5.97 Å². The summed E-state index contributed by atoms with van der Waals surface area (Å²) < 4.78 is 10.7. The van der Waals surface area contributed by atoms with Crippen LogP contribution < -0.4 is 0 Å². The van der Waals surface area contributed by atoms with Crippen molar-refractivity contribution in [3.63, 3.8) is 0 Å². The standard InChI is InChI=1S/C11H22O3Si/c1-4-5-6-10(2)7-8-13-9(12)11(10,3)14-15/h4-8H2,1-3,15H3. The molecule has 88 valence electrons. The van der Waals surface area contributed by atoms with Gasteiger partial charge < -0.3 is 9.16 Å². The quantitative estimate of drug-likeness (QED) is 0.537. The first kappa shape index (κ1) is 12.7. The number of carbonyl (C=O) groups excluding carboxylic acids is 1. The number of ether oxygens (including phenoxy) is 1. The number of esters is 1. The van der Waals surface area contributed by atoms with Crippen LogP contribution in [-0.4, -0.2) is 28.7 Å². The van der Waals surface area contributed by atoms with Crippen molar-refractivity contribution in [2.24, 2.45) is 5.41 Å². The van der Waals surface area contributed by atoms with Crippen molar-refractivity contribution in [2.75, 3.05) is 6.61 Å². The molecule has 15 heavy (non-hydrogen) atoms. The molecule has 4 heteroatoms. The highest BCUT2D eigenvalue weighted by molar-refractivity contribution is 6.00. The van der Waals surface area contributed by atoms with Gasteiger partial charge in [0.25, 0.3) is 0 Å². The molecule has 0 spiro atoms. The van der Waals surface area contributed by atoms with Crippen LogP contribution in [0.1, 0.15) is 46.5 Å². The summed E-state index contributed by atoms with van der Waals surface area (Å²) in [5.74, 6) is -0.178. The third kappa shape index (κ3) is 2.11. The molecular weight excluding hydrogens is 208 g/mol. The number of hydrogen-bond donors (Lipinski definition) is 0. The van der Waals surface area contributed by atoms with Gasteiger partial charge in [0.1, 0.15) is 10.5 Å². The van der Waals surface area contributed by atoms with E-state index in [-0.39, 0.29) is 11.4 Å². The van der Waals surface area contributed by atoms with Crippen molar-refractivity contribution in [1.82, 2.24) is 0 Å². The van der Waals surface area contributed by atoms with E-state index < -0.39 is 5.60 Å². The Labute approximate surface area is 95.1 Å². The van der Waals surface area contributed by atoms with Gasteiger partial charge in [0.05, 0.1) is 6.61 Å². The van der Waals surface area contributed by atoms with E-state index in [9.17, 15) is 4.79 Å². The first-order valence-electron chi connectivity index (χ1n) is 5.72. The highest BCUT2D eigenvalue weighted by Gasteiger charge is 2.53. The molecule has 2 unspecified atom stereocenters. The molecule has 1 saturated heterocycles. The van der Waals surface area contributed by atoms with Crippen LogP contribution in [0.2, 0.25) is 0 Å². The predicted octanol–water partition coefficient (Wildman–Crippen LogP) is 1.19. The summed E-state index contributed by atoms with van der Waals surface area (Å²) in [4.78, 5) is 11.8. The van der Waals surface area contributed by atoms with E-state index in [2.05, 4.69) is 13.8 Å². The molecule has 0 radical (unpaired) electrons. The Morgan fingerprint density at radius 3 is 2.73 bits per heavy atom. The summed E-state index contributed by atoms with van der Waals surface area (Å²) in [7, 11) is 0.572. The van der Waals surface area contributed by atoms with E-state index in [0.717, 1.165) is 25.7 Å². The van der Waals surface area contributed by atoms with Gasteiger partial charge in [-0.15, -0.1) is 0 Å². The molecule has 0 bridgehead atoms. The van der Waals surface area contributed by atoms with Crippen LogP contribution in [0.4, 0.5) is 0 Å². The summed E-state index contributed by atoms with van der Waals surface area (Å²) in [5.41, 5.74) is -0.771. The van der Waals surface area contributed by atoms with Crippen molar-refractivity contribution in [1.29, 1.82) is 0 Å². The second-order valence-corrected chi connectivity index (χ2v) is 5.20. The Bertz CT molecular complexity index is 244. The Balaban J connectivity index is 2.87. The minimum atomic E-state index is -0.716. The van der Waals surface area contributed by atoms with Crippen LogP contribution in [-0.2, 0) is 14.0 Å². The van der Waals surface area contributed by atoms with Gasteiger partial charge in [-0.25, -0.2) is 4.79 Å². The fourth-order valence-electron chi connectivity index (χ4n) is 2.25. The SMILES string of the molecule is CCCCC1(C)CCOC(=O)C1(C)O[SiH3]. The fourth-order valence-corrected chi connectivity index (χ4v) is 2.91. The Kier molecular flexibility index (Phi) is 3.95. The lowest BCUT2D eigenvalue weighted by molar-refractivity contribution is -0.187. The van der Waals surface area contributed by atoms with E-state index in [1.807, 2.05) is 6.92 Å². The Hall–Kier alpha value is -0.353. The topological polar surface area (TPSA) is 35.5 Å². The molecule has 0 aromatic rings. The zero-order chi connectivity index (χ0) is 11.5. The van der Waals surface area contributed by atoms with Crippen LogP contribution in [0, 0.1) is 5.41 Å². The Morgan fingerprint density at radius 2 is 2.20 bits per heavy atom. The lowest BCUT2D eigenvalue weighted by Gasteiger charge is -2.47. The van der Waals surface area contributed by atoms with Crippen molar-refractivity contribution in [2.45, 2.75) is 52.1 Å². The van der Waals surface area contributed by atoms with Crippen molar-refractivity contribution >= 4 is 16.5 Å². The highest BCUT2D eigenvalue weighted by Crippen LogP contribution is 2.45. The average molecular weight is 230 g/mol. The van der Waals surface area contributed by atoms with Gasteiger partial charge in [-0.2, -0.15) is 0 Å². The third-order valence-electron chi connectivity index (χ3n) is 3.92. The minimum Gasteiger partial charge on any atom is -0.464 e. The largest absolute Gasteiger partial charge is 0.464 e. The van der Waals surface area contributed by atoms with E-state index in [1.54, 1.807) is 0 Å². The van der Waals surface area contributed by atoms with Crippen molar-refractivity contribution in [3.8, 4) is 0 Å². The maximum atomic E-state index is 11.8. The summed E-state index contributed by atoms with van der Waals surface area (Å²) in [6, 6.07) is 0. The average Bonchev–Trinajstić information content (AvgIpc) is 2.23. The van der Waals surface area contributed by atoms with Crippen LogP contribution in [0.3, 0.4) is 0 Å². The van der Waals surface area contributed by atoms with Crippen LogP contribution >= 0.6 is 0 Å². The second-order valence-electron chi connectivity index (χ2n) is 4.79. The molecule has 0 amide bonds. The zero-order valence-corrected chi connectivity index (χ0v) is 12.3. The third-order valence-corrected chi connectivity index (χ3v) is 4.74. The summed E-state index contributed by atoms with van der Waals surface area (Å²) >= 11 is 0. The Morgan fingerprint density at radius 1 is 1.53 bits per heavy atom. The number of unbranched alkanes of at least 4 members (excludes halogenated alkanes) is 1. The summed E-state index contributed by atoms with van der Waals surface area (Å²) in [6.07, 6.45) is 4.25. The number of cyclic esters (lactones) is 1. The van der Waals surface area contributed by atoms with Crippen LogP contribution in [0.5, 0.6) is 0 Å². The summed E-state index contributed by atoms with van der Waals surface area (Å²) in [5, 5.41) is 0. The van der Waals surface area contributed by atoms with Gasteiger partial charge in [-0.3, -0.25) is 0 Å². The van der Waals surface area contributed by atoms with E-state index in [1.165, 1.54) is 0 Å². The van der Waals surface area contributed by atoms with Gasteiger partial charge in [0, 0.05) is 5.41 Å². The molecule has 1 aliphatic rings. The molecule has 0 aromatic heterocycles. The van der Waals surface area contributed by atoms with Crippen molar-refractivity contribution < 1.29 is 14.0 Å². The zero-order valence-electron chi connectivity index (χ0n) is 10.3. The molecule has 0 N–H and O–H groups in total. The molecule has 1 fully saturated rings. The van der Waals surface area contributed by atoms with E-state index in [0.29, 0.717) is 17.1 Å². The van der Waals surface area contributed by atoms with Crippen molar-refractivity contribution in [3.05, 3.63) is 0 Å². The number of carbonyl (C=O) groups is 1. The minimum absolute atomic E-state index is 0.0555. The molecule has 1 rings (SSSR count). The first-order valence-corrected chi connectivity index (χ1v) is 6.54. The van der Waals surface area contributed by atoms with E-state index in [4.69, 9.17) is 9.16 Å². The lowest BCUT2D eigenvalue weighted by Crippen LogP contribution is -2.56. The van der Waals surface area contributed by atoms with Gasteiger partial charge in [-0.05, 0) is 19.8 Å². The molecule has 3 nitrogen and oxygen atoms in total. The fraction of sp³-hybridized carbons (Fsp3) is 0.909. The maximum absolute atomic E-state index is 11.8. The highest BCUT2D eigenvalue weighted by atomic mass is 28.2. The van der Waals surface area contributed by atoms with Gasteiger partial charge in [-0.1, -0.05) is 26.7 Å². The smallest absolute Gasteiger partial charge is 0.337 e. The second kappa shape index (κ2) is 4.66. The van der Waals surface area contributed by atoms with Crippen LogP contribution in [0.15, 0.2) is 0 Å². The maximum Gasteiger partial charge on any atom is 0.337 e. The lowest BCUT2D eigenvalue weighted by atomic mass is 9.68. The van der Waals surface area contributed by atoms with Crippen LogP contribution in [0.25, 0.3) is 0 Å². The first-order chi connectivity index (χ1) is 7.00. The molecule has 1 heterocycles. The monoisotopic (exact) mass is 230 g/mol.